The lowest BCUT2D eigenvalue weighted by atomic mass is 10.1. The molecule has 0 saturated carbocycles. The minimum absolute atomic E-state index is 0.145. The number of rotatable bonds is 5. The van der Waals surface area contributed by atoms with Crippen LogP contribution in [0.4, 0.5) is 0 Å². The molecule has 0 atom stereocenters. The van der Waals surface area contributed by atoms with Crippen molar-refractivity contribution in [1.82, 2.24) is 0 Å². The number of benzene rings is 2. The fourth-order valence-corrected chi connectivity index (χ4v) is 2.33. The first-order valence-corrected chi connectivity index (χ1v) is 8.55. The van der Waals surface area contributed by atoms with E-state index < -0.39 is 15.0 Å². The maximum atomic E-state index is 11.8. The zero-order valence-corrected chi connectivity index (χ0v) is 12.8. The van der Waals surface area contributed by atoms with Crippen molar-refractivity contribution in [3.63, 3.8) is 0 Å². The Bertz CT molecular complexity index is 770. The van der Waals surface area contributed by atoms with Gasteiger partial charge in [-0.25, -0.2) is 13.2 Å². The normalized spacial score (nSPS) is 11.3. The van der Waals surface area contributed by atoms with Crippen LogP contribution in [0.1, 0.15) is 10.4 Å². The van der Waals surface area contributed by atoms with Crippen LogP contribution in [0.2, 0.25) is 0 Å². The van der Waals surface area contributed by atoms with Crippen LogP contribution in [0.3, 0.4) is 0 Å². The molecule has 7 heteroatoms. The van der Waals surface area contributed by atoms with Crippen LogP contribution in [0.5, 0.6) is 5.75 Å². The van der Waals surface area contributed by atoms with E-state index in [0.717, 1.165) is 10.8 Å². The van der Waals surface area contributed by atoms with Crippen molar-refractivity contribution in [2.75, 3.05) is 19.5 Å². The summed E-state index contributed by atoms with van der Waals surface area (Å²) in [6.45, 7) is -0.145. The van der Waals surface area contributed by atoms with E-state index >= 15 is 0 Å². The fourth-order valence-electron chi connectivity index (χ4n) is 1.86. The molecule has 0 aromatic heterocycles. The van der Waals surface area contributed by atoms with E-state index in [4.69, 9.17) is 20.2 Å². The first-order chi connectivity index (χ1) is 9.90. The second-order valence-electron chi connectivity index (χ2n) is 4.28. The summed E-state index contributed by atoms with van der Waals surface area (Å²) in [5.74, 6) is -0.632. The van der Waals surface area contributed by atoms with E-state index in [1.54, 1.807) is 12.1 Å². The third-order valence-corrected chi connectivity index (χ3v) is 3.96. The van der Waals surface area contributed by atoms with Crippen LogP contribution in [-0.4, -0.2) is 33.9 Å². The number of hydrogen-bond acceptors (Lipinski definition) is 5. The maximum absolute atomic E-state index is 11.8. The zero-order chi connectivity index (χ0) is 15.5. The Balaban J connectivity index is 2.36. The molecule has 5 nitrogen and oxygen atoms in total. The summed E-state index contributed by atoms with van der Waals surface area (Å²) in [6.07, 6.45) is 0. The number of halogens is 1. The minimum atomic E-state index is -3.64. The van der Waals surface area contributed by atoms with E-state index in [2.05, 4.69) is 0 Å². The van der Waals surface area contributed by atoms with Gasteiger partial charge in [0, 0.05) is 10.7 Å². The highest BCUT2D eigenvalue weighted by Gasteiger charge is 2.15. The SMILES string of the molecule is COC(=O)c1cc2ccccc2cc1OCCS(=O)(=O)Cl. The Kier molecular flexibility index (Phi) is 4.69. The van der Waals surface area contributed by atoms with E-state index in [-0.39, 0.29) is 23.7 Å². The molecular formula is C14H13ClO5S. The van der Waals surface area contributed by atoms with Crippen molar-refractivity contribution in [1.29, 1.82) is 0 Å². The van der Waals surface area contributed by atoms with Gasteiger partial charge < -0.3 is 9.47 Å². The third kappa shape index (κ3) is 4.09. The van der Waals surface area contributed by atoms with Crippen molar-refractivity contribution >= 4 is 36.5 Å². The second-order valence-corrected chi connectivity index (χ2v) is 7.18. The van der Waals surface area contributed by atoms with E-state index in [9.17, 15) is 13.2 Å². The Morgan fingerprint density at radius 2 is 1.81 bits per heavy atom. The van der Waals surface area contributed by atoms with Gasteiger partial charge in [-0.1, -0.05) is 24.3 Å². The van der Waals surface area contributed by atoms with Crippen molar-refractivity contribution in [2.45, 2.75) is 0 Å². The predicted octanol–water partition coefficient (Wildman–Crippen LogP) is 2.57. The maximum Gasteiger partial charge on any atom is 0.341 e. The molecule has 0 fully saturated rings. The summed E-state index contributed by atoms with van der Waals surface area (Å²) < 4.78 is 31.9. The van der Waals surface area contributed by atoms with Gasteiger partial charge in [-0.2, -0.15) is 0 Å². The summed E-state index contributed by atoms with van der Waals surface area (Å²) >= 11 is 0. The van der Waals surface area contributed by atoms with Crippen LogP contribution >= 0.6 is 10.7 Å². The summed E-state index contributed by atoms with van der Waals surface area (Å²) in [7, 11) is 2.75. The Morgan fingerprint density at radius 1 is 1.19 bits per heavy atom. The molecule has 0 aliphatic carbocycles. The topological polar surface area (TPSA) is 69.7 Å². The average molecular weight is 329 g/mol. The van der Waals surface area contributed by atoms with Gasteiger partial charge in [0.1, 0.15) is 17.9 Å². The summed E-state index contributed by atoms with van der Waals surface area (Å²) in [4.78, 5) is 11.8. The average Bonchev–Trinajstić information content (AvgIpc) is 2.44. The molecule has 21 heavy (non-hydrogen) atoms. The molecule has 0 unspecified atom stereocenters. The fraction of sp³-hybridized carbons (Fsp3) is 0.214. The highest BCUT2D eigenvalue weighted by molar-refractivity contribution is 8.13. The number of fused-ring (bicyclic) bond motifs is 1. The van der Waals surface area contributed by atoms with E-state index in [0.29, 0.717) is 0 Å². The van der Waals surface area contributed by atoms with Crippen LogP contribution < -0.4 is 4.74 Å². The first kappa shape index (κ1) is 15.6. The van der Waals surface area contributed by atoms with Gasteiger partial charge in [-0.15, -0.1) is 0 Å². The number of carbonyl (C=O) groups excluding carboxylic acids is 1. The highest BCUT2D eigenvalue weighted by Crippen LogP contribution is 2.27. The number of methoxy groups -OCH3 is 1. The Hall–Kier alpha value is -1.79. The van der Waals surface area contributed by atoms with Crippen LogP contribution in [0, 0.1) is 0 Å². The van der Waals surface area contributed by atoms with E-state index in [1.807, 2.05) is 24.3 Å². The minimum Gasteiger partial charge on any atom is -0.492 e. The Labute approximate surface area is 126 Å². The molecule has 0 N–H and O–H groups in total. The number of carbonyl (C=O) groups is 1. The predicted molar refractivity (Wildman–Crippen MR) is 80.4 cm³/mol. The molecular weight excluding hydrogens is 316 g/mol. The molecule has 0 bridgehead atoms. The molecule has 0 heterocycles. The van der Waals surface area contributed by atoms with Gasteiger partial charge >= 0.3 is 5.97 Å². The highest BCUT2D eigenvalue weighted by atomic mass is 35.7. The lowest BCUT2D eigenvalue weighted by Gasteiger charge is -2.11. The zero-order valence-electron chi connectivity index (χ0n) is 11.2. The Morgan fingerprint density at radius 3 is 2.38 bits per heavy atom. The summed E-state index contributed by atoms with van der Waals surface area (Å²) in [5.41, 5.74) is 0.239. The quantitative estimate of drug-likeness (QED) is 0.623. The lowest BCUT2D eigenvalue weighted by Crippen LogP contribution is -2.12. The molecule has 2 aromatic carbocycles. The van der Waals surface area contributed by atoms with Gasteiger partial charge in [-0.05, 0) is 22.9 Å². The van der Waals surface area contributed by atoms with Gasteiger partial charge in [-0.3, -0.25) is 0 Å². The third-order valence-electron chi connectivity index (χ3n) is 2.84. The van der Waals surface area contributed by atoms with E-state index in [1.165, 1.54) is 7.11 Å². The molecule has 0 aliphatic heterocycles. The van der Waals surface area contributed by atoms with Gasteiger partial charge in [0.25, 0.3) is 0 Å². The number of esters is 1. The van der Waals surface area contributed by atoms with Crippen LogP contribution in [-0.2, 0) is 13.8 Å². The van der Waals surface area contributed by atoms with Crippen LogP contribution in [0.15, 0.2) is 36.4 Å². The molecule has 0 amide bonds. The molecule has 112 valence electrons. The van der Waals surface area contributed by atoms with Crippen molar-refractivity contribution < 1.29 is 22.7 Å². The standard InChI is InChI=1S/C14H13ClO5S/c1-19-14(16)12-8-10-4-2-3-5-11(10)9-13(12)20-6-7-21(15,17)18/h2-5,8-9H,6-7H2,1H3. The molecule has 0 aliphatic rings. The van der Waals surface area contributed by atoms with Crippen molar-refractivity contribution in [3.05, 3.63) is 42.0 Å². The molecule has 2 aromatic rings. The first-order valence-electron chi connectivity index (χ1n) is 6.07. The monoisotopic (exact) mass is 328 g/mol. The van der Waals surface area contributed by atoms with Gasteiger partial charge in [0.15, 0.2) is 0 Å². The van der Waals surface area contributed by atoms with Gasteiger partial charge in [0.05, 0.1) is 12.9 Å². The smallest absolute Gasteiger partial charge is 0.341 e. The number of hydrogen-bond donors (Lipinski definition) is 0. The van der Waals surface area contributed by atoms with Crippen LogP contribution in [0.25, 0.3) is 10.8 Å². The molecule has 0 saturated heterocycles. The second kappa shape index (κ2) is 6.32. The molecule has 0 radical (unpaired) electrons. The molecule has 0 spiro atoms. The van der Waals surface area contributed by atoms with Gasteiger partial charge in [0.2, 0.25) is 9.05 Å². The van der Waals surface area contributed by atoms with Crippen molar-refractivity contribution in [3.8, 4) is 5.75 Å². The van der Waals surface area contributed by atoms with Crippen molar-refractivity contribution in [2.24, 2.45) is 0 Å². The summed E-state index contributed by atoms with van der Waals surface area (Å²) in [5, 5.41) is 1.73. The molecule has 2 rings (SSSR count). The lowest BCUT2D eigenvalue weighted by molar-refractivity contribution is 0.0596. The summed E-state index contributed by atoms with van der Waals surface area (Å²) in [6, 6.07) is 10.7. The largest absolute Gasteiger partial charge is 0.492 e. The number of ether oxygens (including phenoxy) is 2.